The zero-order chi connectivity index (χ0) is 15.3. The Morgan fingerprint density at radius 2 is 1.05 bits per heavy atom. The molecule has 2 nitrogen and oxygen atoms in total. The Morgan fingerprint density at radius 1 is 0.700 bits per heavy atom. The highest BCUT2D eigenvalue weighted by Crippen LogP contribution is 2.16. The molecule has 0 aromatic rings. The second-order valence-electron chi connectivity index (χ2n) is 7.34. The second-order valence-corrected chi connectivity index (χ2v) is 13.0. The molecule has 0 aliphatic carbocycles. The molecule has 0 aliphatic heterocycles. The molecule has 0 saturated carbocycles. The molecule has 0 saturated heterocycles. The van der Waals surface area contributed by atoms with Crippen molar-refractivity contribution in [1.29, 1.82) is 0 Å². The summed E-state index contributed by atoms with van der Waals surface area (Å²) in [5, 5.41) is 8.52. The van der Waals surface area contributed by atoms with Gasteiger partial charge in [-0.15, -0.1) is 0 Å². The van der Waals surface area contributed by atoms with Crippen LogP contribution in [0.15, 0.2) is 0 Å². The van der Waals surface area contributed by atoms with Crippen LogP contribution < -0.4 is 0 Å². The molecule has 0 atom stereocenters. The summed E-state index contributed by atoms with van der Waals surface area (Å²) in [5.41, 5.74) is 0. The molecule has 0 amide bonds. The van der Waals surface area contributed by atoms with Crippen molar-refractivity contribution >= 4 is 14.0 Å². The Balaban J connectivity index is 3.05. The third-order valence-electron chi connectivity index (χ3n) is 3.82. The minimum atomic E-state index is -0.798. The Bertz CT molecular complexity index is 234. The quantitative estimate of drug-likeness (QED) is 0.311. The Morgan fingerprint density at radius 3 is 1.40 bits per heavy atom. The van der Waals surface area contributed by atoms with Crippen LogP contribution in [0.1, 0.15) is 77.0 Å². The van der Waals surface area contributed by atoms with E-state index in [0.29, 0.717) is 6.42 Å². The minimum Gasteiger partial charge on any atom is -0.481 e. The first kappa shape index (κ1) is 19.7. The van der Waals surface area contributed by atoms with E-state index in [1.807, 2.05) is 0 Å². The van der Waals surface area contributed by atoms with E-state index in [4.69, 9.17) is 5.11 Å². The van der Waals surface area contributed by atoms with Crippen LogP contribution in [0.2, 0.25) is 25.7 Å². The Labute approximate surface area is 127 Å². The van der Waals surface area contributed by atoms with Gasteiger partial charge in [-0.3, -0.25) is 4.79 Å². The van der Waals surface area contributed by atoms with Crippen molar-refractivity contribution in [2.75, 3.05) is 0 Å². The van der Waals surface area contributed by atoms with Gasteiger partial charge >= 0.3 is 5.97 Å². The Kier molecular flexibility index (Phi) is 12.2. The normalized spacial score (nSPS) is 11.8. The van der Waals surface area contributed by atoms with Crippen LogP contribution in [0.4, 0.5) is 0 Å². The van der Waals surface area contributed by atoms with Gasteiger partial charge in [-0.05, 0) is 6.42 Å². The fourth-order valence-corrected chi connectivity index (χ4v) is 3.83. The number of unbranched alkanes of at least 4 members (excludes halogenated alkanes) is 10. The van der Waals surface area contributed by atoms with Crippen molar-refractivity contribution in [1.82, 2.24) is 0 Å². The third kappa shape index (κ3) is 17.7. The van der Waals surface area contributed by atoms with Crippen LogP contribution in [0, 0.1) is 0 Å². The fourth-order valence-electron chi connectivity index (χ4n) is 2.52. The largest absolute Gasteiger partial charge is 0.481 e. The van der Waals surface area contributed by atoms with Crippen molar-refractivity contribution in [2.45, 2.75) is 103 Å². The lowest BCUT2D eigenvalue weighted by molar-refractivity contribution is -0.137. The summed E-state index contributed by atoms with van der Waals surface area (Å²) in [6.07, 6.45) is 14.6. The van der Waals surface area contributed by atoms with Gasteiger partial charge < -0.3 is 5.11 Å². The summed E-state index contributed by atoms with van der Waals surface area (Å²) in [6, 6.07) is 1.49. The number of aliphatic carboxylic acids is 1. The first-order valence-corrected chi connectivity index (χ1v) is 12.3. The van der Waals surface area contributed by atoms with E-state index in [9.17, 15) is 4.79 Å². The molecule has 1 N–H and O–H groups in total. The summed E-state index contributed by atoms with van der Waals surface area (Å²) in [5.74, 6) is -0.654. The van der Waals surface area contributed by atoms with E-state index in [1.165, 1.54) is 63.8 Å². The molecule has 0 rings (SSSR count). The summed E-state index contributed by atoms with van der Waals surface area (Å²) in [4.78, 5) is 10.3. The number of carbonyl (C=O) groups is 1. The molecule has 3 heteroatoms. The maximum absolute atomic E-state index is 10.3. The minimum absolute atomic E-state index is 0.345. The molecule has 0 aromatic carbocycles. The summed E-state index contributed by atoms with van der Waals surface area (Å²) in [6.45, 7) is 7.39. The van der Waals surface area contributed by atoms with Crippen LogP contribution in [-0.2, 0) is 4.79 Å². The number of hydrogen-bond acceptors (Lipinski definition) is 1. The van der Waals surface area contributed by atoms with Crippen LogP contribution in [0.25, 0.3) is 0 Å². The molecular formula is C17H36O2Si. The average molecular weight is 301 g/mol. The lowest BCUT2D eigenvalue weighted by Gasteiger charge is -2.14. The molecule has 0 radical (unpaired) electrons. The van der Waals surface area contributed by atoms with Crippen molar-refractivity contribution in [3.63, 3.8) is 0 Å². The molecule has 0 aromatic heterocycles. The van der Waals surface area contributed by atoms with E-state index < -0.39 is 14.0 Å². The smallest absolute Gasteiger partial charge is 0.303 e. The molecule has 20 heavy (non-hydrogen) atoms. The highest BCUT2D eigenvalue weighted by atomic mass is 28.3. The fraction of sp³-hybridized carbons (Fsp3) is 0.941. The maximum atomic E-state index is 10.3. The van der Waals surface area contributed by atoms with E-state index in [-0.39, 0.29) is 0 Å². The third-order valence-corrected chi connectivity index (χ3v) is 5.67. The van der Waals surface area contributed by atoms with E-state index >= 15 is 0 Å². The highest BCUT2D eigenvalue weighted by molar-refractivity contribution is 6.76. The van der Waals surface area contributed by atoms with Crippen LogP contribution in [0.3, 0.4) is 0 Å². The standard InChI is InChI=1S/C17H36O2Si/c1-20(2,3)16-14-12-10-8-6-4-5-7-9-11-13-15-17(18)19/h4-16H2,1-3H3,(H,18,19). The zero-order valence-corrected chi connectivity index (χ0v) is 15.0. The van der Waals surface area contributed by atoms with Gasteiger partial charge in [0.25, 0.3) is 0 Å². The SMILES string of the molecule is C[Si](C)(C)CCCCCCCCCCCCCC(=O)O. The lowest BCUT2D eigenvalue weighted by Crippen LogP contribution is -2.18. The first-order chi connectivity index (χ1) is 9.42. The van der Waals surface area contributed by atoms with Gasteiger partial charge in [-0.25, -0.2) is 0 Å². The Hall–Kier alpha value is -0.313. The summed E-state index contributed by atoms with van der Waals surface area (Å²) >= 11 is 0. The average Bonchev–Trinajstić information content (AvgIpc) is 2.33. The van der Waals surface area contributed by atoms with Crippen molar-refractivity contribution in [3.05, 3.63) is 0 Å². The van der Waals surface area contributed by atoms with Gasteiger partial charge in [0.15, 0.2) is 0 Å². The predicted octanol–water partition coefficient (Wildman–Crippen LogP) is 6.09. The molecule has 0 heterocycles. The first-order valence-electron chi connectivity index (χ1n) is 8.63. The zero-order valence-electron chi connectivity index (χ0n) is 14.0. The second kappa shape index (κ2) is 12.4. The van der Waals surface area contributed by atoms with Gasteiger partial charge in [-0.1, -0.05) is 89.9 Å². The van der Waals surface area contributed by atoms with Gasteiger partial charge in [-0.2, -0.15) is 0 Å². The maximum Gasteiger partial charge on any atom is 0.303 e. The predicted molar refractivity (Wildman–Crippen MR) is 91.2 cm³/mol. The number of carboxylic acid groups (broad SMARTS) is 1. The van der Waals surface area contributed by atoms with Crippen LogP contribution in [0.5, 0.6) is 0 Å². The van der Waals surface area contributed by atoms with E-state index in [1.54, 1.807) is 0 Å². The van der Waals surface area contributed by atoms with Gasteiger partial charge in [0.2, 0.25) is 0 Å². The van der Waals surface area contributed by atoms with Crippen LogP contribution in [-0.4, -0.2) is 19.1 Å². The van der Waals surface area contributed by atoms with Gasteiger partial charge in [0, 0.05) is 14.5 Å². The van der Waals surface area contributed by atoms with E-state index in [0.717, 1.165) is 12.8 Å². The summed E-state index contributed by atoms with van der Waals surface area (Å²) < 4.78 is 0. The van der Waals surface area contributed by atoms with Crippen molar-refractivity contribution in [2.24, 2.45) is 0 Å². The van der Waals surface area contributed by atoms with Gasteiger partial charge in [0.05, 0.1) is 0 Å². The molecule has 0 spiro atoms. The topological polar surface area (TPSA) is 37.3 Å². The molecular weight excluding hydrogens is 264 g/mol. The molecule has 0 bridgehead atoms. The number of rotatable bonds is 14. The molecule has 0 unspecified atom stereocenters. The van der Waals surface area contributed by atoms with Crippen molar-refractivity contribution < 1.29 is 9.90 Å². The van der Waals surface area contributed by atoms with Crippen LogP contribution >= 0.6 is 0 Å². The van der Waals surface area contributed by atoms with Gasteiger partial charge in [0.1, 0.15) is 0 Å². The molecule has 120 valence electrons. The molecule has 0 fully saturated rings. The highest BCUT2D eigenvalue weighted by Gasteiger charge is 2.11. The number of hydrogen-bond donors (Lipinski definition) is 1. The molecule has 0 aliphatic rings. The monoisotopic (exact) mass is 300 g/mol. The number of carboxylic acids is 1. The lowest BCUT2D eigenvalue weighted by atomic mass is 10.1. The van der Waals surface area contributed by atoms with E-state index in [2.05, 4.69) is 19.6 Å². The summed E-state index contributed by atoms with van der Waals surface area (Å²) in [7, 11) is -0.798. The van der Waals surface area contributed by atoms with Crippen molar-refractivity contribution in [3.8, 4) is 0 Å².